The number of oxime groups is 1. The average Bonchev–Trinajstić information content (AvgIpc) is 2.09. The molecule has 0 heterocycles. The first kappa shape index (κ1) is 8.59. The van der Waals surface area contributed by atoms with Crippen molar-refractivity contribution in [2.75, 3.05) is 12.3 Å². The molecule has 0 fully saturated rings. The number of hydrogen-bond donors (Lipinski definition) is 1. The molecule has 0 aliphatic heterocycles. The van der Waals surface area contributed by atoms with E-state index in [1.54, 1.807) is 6.21 Å². The summed E-state index contributed by atoms with van der Waals surface area (Å²) >= 11 is 0. The van der Waals surface area contributed by atoms with E-state index in [9.17, 15) is 0 Å². The highest BCUT2D eigenvalue weighted by Gasteiger charge is 1.91. The summed E-state index contributed by atoms with van der Waals surface area (Å²) in [7, 11) is 0. The second-order valence-electron chi connectivity index (χ2n) is 2.28. The Bertz CT molecular complexity index is 271. The van der Waals surface area contributed by atoms with Gasteiger partial charge in [-0.05, 0) is 13.0 Å². The second-order valence-corrected chi connectivity index (χ2v) is 2.28. The van der Waals surface area contributed by atoms with Gasteiger partial charge in [-0.15, -0.1) is 0 Å². The third-order valence-electron chi connectivity index (χ3n) is 1.39. The van der Waals surface area contributed by atoms with E-state index in [0.29, 0.717) is 12.3 Å². The number of nitrogen functional groups attached to an aromatic ring is 1. The molecule has 12 heavy (non-hydrogen) atoms. The van der Waals surface area contributed by atoms with Crippen molar-refractivity contribution in [1.29, 1.82) is 0 Å². The molecule has 0 bridgehead atoms. The molecule has 1 aromatic carbocycles. The Labute approximate surface area is 71.8 Å². The van der Waals surface area contributed by atoms with Crippen LogP contribution in [0.25, 0.3) is 0 Å². The van der Waals surface area contributed by atoms with Gasteiger partial charge in [-0.25, -0.2) is 0 Å². The summed E-state index contributed by atoms with van der Waals surface area (Å²) in [6.07, 6.45) is 1.61. The lowest BCUT2D eigenvalue weighted by Crippen LogP contribution is -1.92. The molecule has 0 amide bonds. The Kier molecular flexibility index (Phi) is 3.14. The van der Waals surface area contributed by atoms with Crippen molar-refractivity contribution in [3.63, 3.8) is 0 Å². The maximum absolute atomic E-state index is 5.66. The smallest absolute Gasteiger partial charge is 0.114 e. The van der Waals surface area contributed by atoms with E-state index in [1.807, 2.05) is 31.2 Å². The molecule has 0 atom stereocenters. The van der Waals surface area contributed by atoms with Crippen LogP contribution in [-0.4, -0.2) is 12.8 Å². The van der Waals surface area contributed by atoms with Crippen LogP contribution in [0.4, 0.5) is 5.69 Å². The van der Waals surface area contributed by atoms with Crippen molar-refractivity contribution >= 4 is 11.9 Å². The minimum Gasteiger partial charge on any atom is -0.398 e. The van der Waals surface area contributed by atoms with Crippen LogP contribution in [0.5, 0.6) is 0 Å². The van der Waals surface area contributed by atoms with Gasteiger partial charge in [0.25, 0.3) is 0 Å². The van der Waals surface area contributed by atoms with Crippen LogP contribution in [0, 0.1) is 0 Å². The highest BCUT2D eigenvalue weighted by Crippen LogP contribution is 2.06. The van der Waals surface area contributed by atoms with Gasteiger partial charge >= 0.3 is 0 Å². The maximum Gasteiger partial charge on any atom is 0.114 e. The zero-order chi connectivity index (χ0) is 8.81. The molecule has 3 heteroatoms. The summed E-state index contributed by atoms with van der Waals surface area (Å²) in [5, 5.41) is 3.72. The highest BCUT2D eigenvalue weighted by molar-refractivity contribution is 5.86. The third-order valence-corrected chi connectivity index (χ3v) is 1.39. The predicted octanol–water partition coefficient (Wildman–Crippen LogP) is 1.64. The lowest BCUT2D eigenvalue weighted by Gasteiger charge is -1.97. The van der Waals surface area contributed by atoms with E-state index in [2.05, 4.69) is 5.16 Å². The first-order chi connectivity index (χ1) is 5.84. The molecule has 1 rings (SSSR count). The summed E-state index contributed by atoms with van der Waals surface area (Å²) in [6.45, 7) is 2.45. The minimum absolute atomic E-state index is 0.573. The van der Waals surface area contributed by atoms with Gasteiger partial charge in [0.1, 0.15) is 6.61 Å². The van der Waals surface area contributed by atoms with E-state index < -0.39 is 0 Å². The van der Waals surface area contributed by atoms with E-state index >= 15 is 0 Å². The van der Waals surface area contributed by atoms with Gasteiger partial charge in [-0.1, -0.05) is 23.4 Å². The first-order valence-electron chi connectivity index (χ1n) is 3.84. The van der Waals surface area contributed by atoms with Crippen LogP contribution in [0.15, 0.2) is 29.4 Å². The standard InChI is InChI=1S/C9H12N2O/c1-2-12-11-7-8-5-3-4-6-9(8)10/h3-7H,2,10H2,1H3/b11-7+. The van der Waals surface area contributed by atoms with Crippen molar-refractivity contribution in [2.24, 2.45) is 5.16 Å². The van der Waals surface area contributed by atoms with Crippen LogP contribution in [0.2, 0.25) is 0 Å². The van der Waals surface area contributed by atoms with E-state index in [0.717, 1.165) is 5.56 Å². The monoisotopic (exact) mass is 164 g/mol. The number of nitrogens with zero attached hydrogens (tertiary/aromatic N) is 1. The molecule has 0 saturated carbocycles. The number of para-hydroxylation sites is 1. The van der Waals surface area contributed by atoms with Crippen molar-refractivity contribution in [3.05, 3.63) is 29.8 Å². The van der Waals surface area contributed by atoms with Gasteiger partial charge in [-0.2, -0.15) is 0 Å². The lowest BCUT2D eigenvalue weighted by atomic mass is 10.2. The van der Waals surface area contributed by atoms with Crippen LogP contribution >= 0.6 is 0 Å². The van der Waals surface area contributed by atoms with Crippen molar-refractivity contribution in [1.82, 2.24) is 0 Å². The molecule has 0 aliphatic rings. The van der Waals surface area contributed by atoms with E-state index in [4.69, 9.17) is 10.6 Å². The number of benzene rings is 1. The molecular weight excluding hydrogens is 152 g/mol. The van der Waals surface area contributed by atoms with E-state index in [1.165, 1.54) is 0 Å². The van der Waals surface area contributed by atoms with E-state index in [-0.39, 0.29) is 0 Å². The van der Waals surface area contributed by atoms with Gasteiger partial charge in [0.2, 0.25) is 0 Å². The summed E-state index contributed by atoms with van der Waals surface area (Å²) in [4.78, 5) is 4.81. The fraction of sp³-hybridized carbons (Fsp3) is 0.222. The zero-order valence-electron chi connectivity index (χ0n) is 7.03. The van der Waals surface area contributed by atoms with Gasteiger partial charge in [0.15, 0.2) is 0 Å². The highest BCUT2D eigenvalue weighted by atomic mass is 16.6. The van der Waals surface area contributed by atoms with Crippen LogP contribution in [0.1, 0.15) is 12.5 Å². The summed E-state index contributed by atoms with van der Waals surface area (Å²) in [5.74, 6) is 0. The molecular formula is C9H12N2O. The Morgan fingerprint density at radius 1 is 1.50 bits per heavy atom. The van der Waals surface area contributed by atoms with Crippen LogP contribution in [-0.2, 0) is 4.84 Å². The number of rotatable bonds is 3. The molecule has 1 aromatic rings. The topological polar surface area (TPSA) is 47.6 Å². The summed E-state index contributed by atoms with van der Waals surface area (Å²) < 4.78 is 0. The predicted molar refractivity (Wildman–Crippen MR) is 50.1 cm³/mol. The molecule has 0 spiro atoms. The Morgan fingerprint density at radius 2 is 2.25 bits per heavy atom. The van der Waals surface area contributed by atoms with Crippen LogP contribution in [0.3, 0.4) is 0 Å². The third kappa shape index (κ3) is 2.27. The molecule has 0 unspecified atom stereocenters. The van der Waals surface area contributed by atoms with Crippen molar-refractivity contribution < 1.29 is 4.84 Å². The summed E-state index contributed by atoms with van der Waals surface area (Å²) in [6, 6.07) is 7.50. The largest absolute Gasteiger partial charge is 0.398 e. The van der Waals surface area contributed by atoms with Gasteiger partial charge in [0, 0.05) is 11.3 Å². The average molecular weight is 164 g/mol. The Morgan fingerprint density at radius 3 is 2.92 bits per heavy atom. The van der Waals surface area contributed by atoms with Crippen LogP contribution < -0.4 is 5.73 Å². The number of anilines is 1. The fourth-order valence-electron chi connectivity index (χ4n) is 0.797. The van der Waals surface area contributed by atoms with Gasteiger partial charge in [-0.3, -0.25) is 0 Å². The minimum atomic E-state index is 0.573. The molecule has 2 N–H and O–H groups in total. The van der Waals surface area contributed by atoms with Gasteiger partial charge < -0.3 is 10.6 Å². The zero-order valence-corrected chi connectivity index (χ0v) is 7.03. The SMILES string of the molecule is CCO/N=C/c1ccccc1N. The lowest BCUT2D eigenvalue weighted by molar-refractivity contribution is 0.160. The summed E-state index contributed by atoms with van der Waals surface area (Å²) in [5.41, 5.74) is 7.25. The quantitative estimate of drug-likeness (QED) is 0.419. The molecule has 0 aromatic heterocycles. The Hall–Kier alpha value is -1.51. The molecule has 0 radical (unpaired) electrons. The first-order valence-corrected chi connectivity index (χ1v) is 3.84. The number of nitrogens with two attached hydrogens (primary N) is 1. The van der Waals surface area contributed by atoms with Crippen molar-refractivity contribution in [2.45, 2.75) is 6.92 Å². The van der Waals surface area contributed by atoms with Crippen molar-refractivity contribution in [3.8, 4) is 0 Å². The molecule has 3 nitrogen and oxygen atoms in total. The fourth-order valence-corrected chi connectivity index (χ4v) is 0.797. The maximum atomic E-state index is 5.66. The number of hydrogen-bond acceptors (Lipinski definition) is 3. The second kappa shape index (κ2) is 4.38. The molecule has 64 valence electrons. The molecule has 0 aliphatic carbocycles. The molecule has 0 saturated heterocycles. The normalized spacial score (nSPS) is 10.4. The van der Waals surface area contributed by atoms with Gasteiger partial charge in [0.05, 0.1) is 6.21 Å². The Balaban J connectivity index is 2.68.